The SMILES string of the molecule is CCSC1=C(C#N)C(c2ccccc2)(c2ccccc2)C(=O)N1CCN1CCCCC1. The Hall–Kier alpha value is -2.55. The fourth-order valence-corrected chi connectivity index (χ4v) is 5.77. The summed E-state index contributed by atoms with van der Waals surface area (Å²) in [6, 6.07) is 22.1. The lowest BCUT2D eigenvalue weighted by Crippen LogP contribution is -2.44. The van der Waals surface area contributed by atoms with Crippen LogP contribution in [0.2, 0.25) is 0 Å². The van der Waals surface area contributed by atoms with Crippen LogP contribution in [0.4, 0.5) is 0 Å². The van der Waals surface area contributed by atoms with E-state index in [1.54, 1.807) is 11.8 Å². The van der Waals surface area contributed by atoms with Crippen molar-refractivity contribution in [1.29, 1.82) is 5.26 Å². The Kier molecular flexibility index (Phi) is 6.80. The van der Waals surface area contributed by atoms with Crippen LogP contribution in [0.3, 0.4) is 0 Å². The number of carbonyl (C=O) groups is 1. The average Bonchev–Trinajstić information content (AvgIpc) is 3.07. The Morgan fingerprint density at radius 2 is 1.52 bits per heavy atom. The number of benzene rings is 2. The first kappa shape index (κ1) is 21.7. The lowest BCUT2D eigenvalue weighted by molar-refractivity contribution is -0.130. The van der Waals surface area contributed by atoms with Gasteiger partial charge in [0.1, 0.15) is 5.41 Å². The van der Waals surface area contributed by atoms with Crippen LogP contribution in [0.15, 0.2) is 71.3 Å². The minimum absolute atomic E-state index is 0.00518. The Morgan fingerprint density at radius 3 is 2.03 bits per heavy atom. The van der Waals surface area contributed by atoms with Gasteiger partial charge in [0, 0.05) is 13.1 Å². The van der Waals surface area contributed by atoms with Crippen LogP contribution in [0, 0.1) is 11.3 Å². The summed E-state index contributed by atoms with van der Waals surface area (Å²) in [6.45, 7) is 5.72. The monoisotopic (exact) mass is 431 g/mol. The van der Waals surface area contributed by atoms with Crippen molar-refractivity contribution in [3.05, 3.63) is 82.4 Å². The van der Waals surface area contributed by atoms with E-state index in [0.29, 0.717) is 12.1 Å². The predicted octanol–water partition coefficient (Wildman–Crippen LogP) is 4.79. The summed E-state index contributed by atoms with van der Waals surface area (Å²) in [7, 11) is 0. The molecule has 4 nitrogen and oxygen atoms in total. The molecular weight excluding hydrogens is 402 g/mol. The van der Waals surface area contributed by atoms with E-state index >= 15 is 0 Å². The molecule has 0 saturated carbocycles. The third-order valence-corrected chi connectivity index (χ3v) is 7.28. The molecule has 0 unspecified atom stereocenters. The van der Waals surface area contributed by atoms with E-state index in [2.05, 4.69) is 17.9 Å². The molecule has 2 aliphatic heterocycles. The van der Waals surface area contributed by atoms with E-state index in [0.717, 1.165) is 41.5 Å². The number of carbonyl (C=O) groups excluding carboxylic acids is 1. The maximum absolute atomic E-state index is 14.3. The number of rotatable bonds is 7. The molecule has 31 heavy (non-hydrogen) atoms. The Bertz CT molecular complexity index is 935. The van der Waals surface area contributed by atoms with Gasteiger partial charge in [0.25, 0.3) is 0 Å². The summed E-state index contributed by atoms with van der Waals surface area (Å²) in [6.07, 6.45) is 3.74. The fraction of sp³-hybridized carbons (Fsp3) is 0.385. The van der Waals surface area contributed by atoms with Crippen LogP contribution >= 0.6 is 11.8 Å². The van der Waals surface area contributed by atoms with Crippen molar-refractivity contribution >= 4 is 17.7 Å². The number of hydrogen-bond donors (Lipinski definition) is 0. The third kappa shape index (κ3) is 3.91. The summed E-state index contributed by atoms with van der Waals surface area (Å²) in [5, 5.41) is 11.2. The molecule has 0 atom stereocenters. The van der Waals surface area contributed by atoms with Crippen molar-refractivity contribution in [1.82, 2.24) is 9.80 Å². The van der Waals surface area contributed by atoms with Crippen LogP contribution in [0.1, 0.15) is 37.3 Å². The second kappa shape index (κ2) is 9.72. The smallest absolute Gasteiger partial charge is 0.247 e. The highest BCUT2D eigenvalue weighted by Gasteiger charge is 2.55. The zero-order valence-electron chi connectivity index (χ0n) is 18.1. The van der Waals surface area contributed by atoms with Gasteiger partial charge in [0.15, 0.2) is 0 Å². The van der Waals surface area contributed by atoms with Crippen LogP contribution in [0.5, 0.6) is 0 Å². The van der Waals surface area contributed by atoms with E-state index in [1.807, 2.05) is 65.6 Å². The maximum Gasteiger partial charge on any atom is 0.247 e. The van der Waals surface area contributed by atoms with Crippen molar-refractivity contribution in [2.45, 2.75) is 31.6 Å². The third-order valence-electron chi connectivity index (χ3n) is 6.29. The lowest BCUT2D eigenvalue weighted by Gasteiger charge is -2.32. The normalized spacial score (nSPS) is 19.0. The number of nitriles is 1. The van der Waals surface area contributed by atoms with Crippen molar-refractivity contribution in [2.75, 3.05) is 31.9 Å². The minimum atomic E-state index is -1.09. The van der Waals surface area contributed by atoms with Gasteiger partial charge in [0.2, 0.25) is 5.91 Å². The Labute approximate surface area is 189 Å². The van der Waals surface area contributed by atoms with Crippen LogP contribution in [-0.4, -0.2) is 47.6 Å². The van der Waals surface area contributed by atoms with E-state index in [9.17, 15) is 10.1 Å². The lowest BCUT2D eigenvalue weighted by atomic mass is 9.70. The molecule has 4 rings (SSSR count). The van der Waals surface area contributed by atoms with Gasteiger partial charge in [-0.3, -0.25) is 4.79 Å². The zero-order valence-corrected chi connectivity index (χ0v) is 18.9. The minimum Gasteiger partial charge on any atom is -0.303 e. The molecule has 1 amide bonds. The maximum atomic E-state index is 14.3. The van der Waals surface area contributed by atoms with Crippen molar-refractivity contribution in [2.24, 2.45) is 0 Å². The largest absolute Gasteiger partial charge is 0.303 e. The number of hydrogen-bond acceptors (Lipinski definition) is 4. The second-order valence-electron chi connectivity index (χ2n) is 8.07. The topological polar surface area (TPSA) is 47.3 Å². The van der Waals surface area contributed by atoms with E-state index in [1.165, 1.54) is 19.3 Å². The molecule has 2 aromatic carbocycles. The molecule has 2 aliphatic rings. The first-order chi connectivity index (χ1) is 15.2. The highest BCUT2D eigenvalue weighted by Crippen LogP contribution is 2.50. The van der Waals surface area contributed by atoms with E-state index in [4.69, 9.17) is 0 Å². The van der Waals surface area contributed by atoms with Crippen molar-refractivity contribution in [3.63, 3.8) is 0 Å². The molecule has 2 heterocycles. The highest BCUT2D eigenvalue weighted by molar-refractivity contribution is 8.03. The van der Waals surface area contributed by atoms with Gasteiger partial charge < -0.3 is 9.80 Å². The molecule has 0 aliphatic carbocycles. The van der Waals surface area contributed by atoms with Crippen molar-refractivity contribution in [3.8, 4) is 6.07 Å². The van der Waals surface area contributed by atoms with Gasteiger partial charge in [-0.05, 0) is 42.8 Å². The summed E-state index contributed by atoms with van der Waals surface area (Å²) in [5.74, 6) is 0.808. The predicted molar refractivity (Wildman–Crippen MR) is 126 cm³/mol. The molecule has 0 bridgehead atoms. The van der Waals surface area contributed by atoms with Crippen LogP contribution in [-0.2, 0) is 10.2 Å². The zero-order chi connectivity index (χ0) is 21.7. The number of likely N-dealkylation sites (tertiary alicyclic amines) is 1. The molecular formula is C26H29N3OS. The highest BCUT2D eigenvalue weighted by atomic mass is 32.2. The number of nitrogens with zero attached hydrogens (tertiary/aromatic N) is 3. The van der Waals surface area contributed by atoms with Gasteiger partial charge in [-0.2, -0.15) is 5.26 Å². The number of thioether (sulfide) groups is 1. The summed E-state index contributed by atoms with van der Waals surface area (Å²) >= 11 is 1.61. The van der Waals surface area contributed by atoms with Gasteiger partial charge in [-0.1, -0.05) is 74.0 Å². The standard InChI is InChI=1S/C26H29N3OS/c1-2-31-24-23(20-27)26(21-12-6-3-7-13-21,22-14-8-4-9-15-22)25(30)29(24)19-18-28-16-10-5-11-17-28/h3-4,6-9,12-15H,2,5,10-11,16-19H2,1H3. The van der Waals surface area contributed by atoms with Gasteiger partial charge in [-0.15, -0.1) is 11.8 Å². The molecule has 2 aromatic rings. The van der Waals surface area contributed by atoms with Gasteiger partial charge in [-0.25, -0.2) is 0 Å². The van der Waals surface area contributed by atoms with E-state index < -0.39 is 5.41 Å². The molecule has 1 fully saturated rings. The van der Waals surface area contributed by atoms with E-state index in [-0.39, 0.29) is 5.91 Å². The number of piperidine rings is 1. The molecule has 1 saturated heterocycles. The van der Waals surface area contributed by atoms with Crippen molar-refractivity contribution < 1.29 is 4.79 Å². The van der Waals surface area contributed by atoms with Crippen LogP contribution < -0.4 is 0 Å². The molecule has 0 aromatic heterocycles. The number of amides is 1. The molecule has 0 radical (unpaired) electrons. The van der Waals surface area contributed by atoms with Gasteiger partial charge in [0.05, 0.1) is 16.7 Å². The molecule has 160 valence electrons. The fourth-order valence-electron chi connectivity index (χ4n) is 4.82. The Morgan fingerprint density at radius 1 is 0.935 bits per heavy atom. The quantitative estimate of drug-likeness (QED) is 0.632. The second-order valence-corrected chi connectivity index (χ2v) is 9.32. The summed E-state index contributed by atoms with van der Waals surface area (Å²) in [4.78, 5) is 18.6. The molecule has 0 N–H and O–H groups in total. The first-order valence-corrected chi connectivity index (χ1v) is 12.1. The summed E-state index contributed by atoms with van der Waals surface area (Å²) in [5.41, 5.74) is 1.19. The average molecular weight is 432 g/mol. The first-order valence-electron chi connectivity index (χ1n) is 11.2. The van der Waals surface area contributed by atoms with Gasteiger partial charge >= 0.3 is 0 Å². The Balaban J connectivity index is 1.82. The molecule has 0 spiro atoms. The van der Waals surface area contributed by atoms with Crippen LogP contribution in [0.25, 0.3) is 0 Å². The summed E-state index contributed by atoms with van der Waals surface area (Å²) < 4.78 is 0. The molecule has 5 heteroatoms.